The molecule has 0 spiro atoms. The van der Waals surface area contributed by atoms with E-state index < -0.39 is 6.10 Å². The maximum Gasteiger partial charge on any atom is 0.321 e. The molecule has 0 aliphatic heterocycles. The number of carbonyl (C=O) groups is 1. The number of rotatable bonds is 7. The Morgan fingerprint density at radius 1 is 1.19 bits per heavy atom. The van der Waals surface area contributed by atoms with E-state index >= 15 is 0 Å². The molecule has 0 unspecified atom stereocenters. The van der Waals surface area contributed by atoms with Crippen molar-refractivity contribution < 1.29 is 19.0 Å². The number of anilines is 1. The van der Waals surface area contributed by atoms with Gasteiger partial charge in [-0.25, -0.2) is 9.18 Å². The van der Waals surface area contributed by atoms with Crippen LogP contribution in [0, 0.1) is 11.7 Å². The first-order valence-electron chi connectivity index (χ1n) is 8.52. The lowest BCUT2D eigenvalue weighted by molar-refractivity contribution is 0.121. The zero-order chi connectivity index (χ0) is 19.1. The summed E-state index contributed by atoms with van der Waals surface area (Å²) in [5.74, 6) is 0.506. The Balaban J connectivity index is 2.09. The van der Waals surface area contributed by atoms with Gasteiger partial charge >= 0.3 is 6.03 Å². The second kappa shape index (κ2) is 9.20. The largest absolute Gasteiger partial charge is 0.497 e. The first kappa shape index (κ1) is 19.7. The van der Waals surface area contributed by atoms with Crippen molar-refractivity contribution in [3.8, 4) is 5.75 Å². The van der Waals surface area contributed by atoms with Crippen LogP contribution in [-0.2, 0) is 0 Å². The van der Waals surface area contributed by atoms with Crippen LogP contribution in [0.2, 0.25) is 0 Å². The number of amides is 2. The quantitative estimate of drug-likeness (QED) is 0.783. The molecule has 0 aromatic heterocycles. The summed E-state index contributed by atoms with van der Waals surface area (Å²) in [4.78, 5) is 14.2. The highest BCUT2D eigenvalue weighted by Crippen LogP contribution is 2.19. The van der Waals surface area contributed by atoms with Crippen molar-refractivity contribution in [3.63, 3.8) is 0 Å². The summed E-state index contributed by atoms with van der Waals surface area (Å²) >= 11 is 0. The molecule has 2 N–H and O–H groups in total. The normalized spacial score (nSPS) is 11.9. The fourth-order valence-corrected chi connectivity index (χ4v) is 2.58. The van der Waals surface area contributed by atoms with Gasteiger partial charge < -0.3 is 20.1 Å². The van der Waals surface area contributed by atoms with Gasteiger partial charge in [0.25, 0.3) is 0 Å². The van der Waals surface area contributed by atoms with Crippen LogP contribution < -0.4 is 10.1 Å². The molecule has 5 nitrogen and oxygen atoms in total. The number of methoxy groups -OCH3 is 1. The van der Waals surface area contributed by atoms with Crippen LogP contribution in [0.4, 0.5) is 14.9 Å². The Kier molecular flexibility index (Phi) is 6.97. The third-order valence-corrected chi connectivity index (χ3v) is 3.84. The van der Waals surface area contributed by atoms with Crippen LogP contribution in [0.25, 0.3) is 0 Å². The molecule has 2 rings (SSSR count). The Bertz CT molecular complexity index is 719. The number of aliphatic hydroxyl groups is 1. The Labute approximate surface area is 153 Å². The average molecular weight is 360 g/mol. The van der Waals surface area contributed by atoms with E-state index in [4.69, 9.17) is 4.74 Å². The fraction of sp³-hybridized carbons (Fsp3) is 0.350. The summed E-state index contributed by atoms with van der Waals surface area (Å²) in [6.07, 6.45) is -0.898. The van der Waals surface area contributed by atoms with Crippen molar-refractivity contribution in [3.05, 3.63) is 59.9 Å². The summed E-state index contributed by atoms with van der Waals surface area (Å²) in [6.45, 7) is 4.58. The summed E-state index contributed by atoms with van der Waals surface area (Å²) in [7, 11) is 1.56. The maximum atomic E-state index is 13.1. The van der Waals surface area contributed by atoms with E-state index in [-0.39, 0.29) is 24.3 Å². The van der Waals surface area contributed by atoms with Crippen LogP contribution in [0.15, 0.2) is 48.5 Å². The molecule has 26 heavy (non-hydrogen) atoms. The van der Waals surface area contributed by atoms with E-state index in [2.05, 4.69) is 5.32 Å². The fourth-order valence-electron chi connectivity index (χ4n) is 2.58. The number of aliphatic hydroxyl groups excluding tert-OH is 1. The van der Waals surface area contributed by atoms with Crippen LogP contribution in [-0.4, -0.2) is 36.2 Å². The summed E-state index contributed by atoms with van der Waals surface area (Å²) in [5, 5.41) is 13.3. The van der Waals surface area contributed by atoms with Crippen molar-refractivity contribution >= 4 is 11.7 Å². The molecule has 1 atom stereocenters. The summed E-state index contributed by atoms with van der Waals surface area (Å²) in [6, 6.07) is 12.4. The van der Waals surface area contributed by atoms with Gasteiger partial charge in [-0.1, -0.05) is 32.0 Å². The number of carbonyl (C=O) groups excluding carboxylic acids is 1. The second-order valence-corrected chi connectivity index (χ2v) is 6.53. The molecule has 0 saturated carbocycles. The van der Waals surface area contributed by atoms with Crippen LogP contribution in [0.5, 0.6) is 5.75 Å². The zero-order valence-corrected chi connectivity index (χ0v) is 15.3. The highest BCUT2D eigenvalue weighted by atomic mass is 19.1. The van der Waals surface area contributed by atoms with Gasteiger partial charge in [-0.2, -0.15) is 0 Å². The highest BCUT2D eigenvalue weighted by Gasteiger charge is 2.20. The van der Waals surface area contributed by atoms with Crippen molar-refractivity contribution in [2.45, 2.75) is 20.0 Å². The van der Waals surface area contributed by atoms with Gasteiger partial charge in [-0.05, 0) is 35.7 Å². The van der Waals surface area contributed by atoms with Crippen LogP contribution in [0.3, 0.4) is 0 Å². The van der Waals surface area contributed by atoms with Gasteiger partial charge in [0.2, 0.25) is 0 Å². The molecule has 0 heterocycles. The van der Waals surface area contributed by atoms with Gasteiger partial charge in [-0.3, -0.25) is 0 Å². The summed E-state index contributed by atoms with van der Waals surface area (Å²) < 4.78 is 18.2. The van der Waals surface area contributed by atoms with Gasteiger partial charge in [0.15, 0.2) is 0 Å². The highest BCUT2D eigenvalue weighted by molar-refractivity contribution is 5.89. The molecule has 0 aliphatic carbocycles. The van der Waals surface area contributed by atoms with Gasteiger partial charge in [0.05, 0.1) is 19.8 Å². The lowest BCUT2D eigenvalue weighted by Crippen LogP contribution is -2.40. The van der Waals surface area contributed by atoms with Crippen molar-refractivity contribution in [1.29, 1.82) is 0 Å². The molecule has 0 saturated heterocycles. The van der Waals surface area contributed by atoms with E-state index in [9.17, 15) is 14.3 Å². The van der Waals surface area contributed by atoms with E-state index in [1.807, 2.05) is 13.8 Å². The maximum absolute atomic E-state index is 13.1. The first-order chi connectivity index (χ1) is 12.4. The van der Waals surface area contributed by atoms with Gasteiger partial charge in [-0.15, -0.1) is 0 Å². The number of nitrogens with zero attached hydrogens (tertiary/aromatic N) is 1. The molecule has 2 aromatic rings. The van der Waals surface area contributed by atoms with Crippen molar-refractivity contribution in [2.75, 3.05) is 25.5 Å². The SMILES string of the molecule is COc1cccc(NC(=O)N(CC(C)C)C[C@@H](O)c2ccc(F)cc2)c1. The van der Waals surface area contributed by atoms with Crippen molar-refractivity contribution in [2.24, 2.45) is 5.92 Å². The Morgan fingerprint density at radius 2 is 1.88 bits per heavy atom. The Morgan fingerprint density at radius 3 is 2.50 bits per heavy atom. The standard InChI is InChI=1S/C20H25FN2O3/c1-14(2)12-23(13-19(24)15-7-9-16(21)10-8-15)20(25)22-17-5-4-6-18(11-17)26-3/h4-11,14,19,24H,12-13H2,1-3H3,(H,22,25)/t19-/m1/s1. The molecule has 2 amide bonds. The third-order valence-electron chi connectivity index (χ3n) is 3.84. The van der Waals surface area contributed by atoms with Gasteiger partial charge in [0.1, 0.15) is 11.6 Å². The molecule has 2 aromatic carbocycles. The molecular weight excluding hydrogens is 335 g/mol. The van der Waals surface area contributed by atoms with Crippen molar-refractivity contribution in [1.82, 2.24) is 4.90 Å². The van der Waals surface area contributed by atoms with E-state index in [0.717, 1.165) is 0 Å². The number of halogens is 1. The number of hydrogen-bond acceptors (Lipinski definition) is 3. The average Bonchev–Trinajstić information content (AvgIpc) is 2.61. The summed E-state index contributed by atoms with van der Waals surface area (Å²) in [5.41, 5.74) is 1.17. The van der Waals surface area contributed by atoms with E-state index in [0.29, 0.717) is 23.5 Å². The lowest BCUT2D eigenvalue weighted by atomic mass is 10.1. The number of ether oxygens (including phenoxy) is 1. The molecule has 6 heteroatoms. The second-order valence-electron chi connectivity index (χ2n) is 6.53. The zero-order valence-electron chi connectivity index (χ0n) is 15.3. The molecule has 140 valence electrons. The Hall–Kier alpha value is -2.60. The predicted molar refractivity (Wildman–Crippen MR) is 99.8 cm³/mol. The van der Waals surface area contributed by atoms with Crippen LogP contribution in [0.1, 0.15) is 25.5 Å². The number of hydrogen-bond donors (Lipinski definition) is 2. The minimum Gasteiger partial charge on any atom is -0.497 e. The molecule has 0 fully saturated rings. The molecule has 0 radical (unpaired) electrons. The van der Waals surface area contributed by atoms with E-state index in [1.165, 1.54) is 24.3 Å². The lowest BCUT2D eigenvalue weighted by Gasteiger charge is -2.27. The number of urea groups is 1. The molecule has 0 aliphatic rings. The molecule has 0 bridgehead atoms. The topological polar surface area (TPSA) is 61.8 Å². The van der Waals surface area contributed by atoms with Crippen LogP contribution >= 0.6 is 0 Å². The third kappa shape index (κ3) is 5.74. The minimum absolute atomic E-state index is 0.111. The number of nitrogens with one attached hydrogen (secondary N) is 1. The van der Waals surface area contributed by atoms with Gasteiger partial charge in [0, 0.05) is 18.3 Å². The van der Waals surface area contributed by atoms with E-state index in [1.54, 1.807) is 36.3 Å². The smallest absolute Gasteiger partial charge is 0.321 e. The molecular formula is C20H25FN2O3. The first-order valence-corrected chi connectivity index (χ1v) is 8.52. The number of benzene rings is 2. The monoisotopic (exact) mass is 360 g/mol. The predicted octanol–water partition coefficient (Wildman–Crippen LogP) is 4.06. The minimum atomic E-state index is -0.898.